The Labute approximate surface area is 119 Å². The van der Waals surface area contributed by atoms with Gasteiger partial charge in [-0.25, -0.2) is 8.42 Å². The van der Waals surface area contributed by atoms with Gasteiger partial charge in [-0.05, 0) is 6.07 Å². The van der Waals surface area contributed by atoms with E-state index in [1.807, 2.05) is 0 Å². The van der Waals surface area contributed by atoms with Crippen LogP contribution in [0.1, 0.15) is 0 Å². The maximum absolute atomic E-state index is 12.1. The van der Waals surface area contributed by atoms with Crippen molar-refractivity contribution in [2.24, 2.45) is 7.05 Å². The first-order valence-electron chi connectivity index (χ1n) is 5.26. The van der Waals surface area contributed by atoms with E-state index in [4.69, 9.17) is 11.6 Å². The minimum Gasteiger partial charge on any atom is -0.274 e. The predicted octanol–water partition coefficient (Wildman–Crippen LogP) is 1.78. The van der Waals surface area contributed by atoms with E-state index < -0.39 is 14.9 Å². The van der Waals surface area contributed by atoms with Gasteiger partial charge in [0.1, 0.15) is 4.90 Å². The van der Waals surface area contributed by atoms with Crippen LogP contribution in [0.25, 0.3) is 0 Å². The van der Waals surface area contributed by atoms with Crippen LogP contribution in [0.3, 0.4) is 0 Å². The van der Waals surface area contributed by atoms with Crippen LogP contribution in [0.2, 0.25) is 5.02 Å². The zero-order chi connectivity index (χ0) is 14.9. The van der Waals surface area contributed by atoms with Gasteiger partial charge in [0.2, 0.25) is 0 Å². The molecule has 0 aliphatic carbocycles. The summed E-state index contributed by atoms with van der Waals surface area (Å²) in [4.78, 5) is 9.61. The van der Waals surface area contributed by atoms with E-state index in [0.717, 1.165) is 18.2 Å². The number of aromatic nitrogens is 2. The topological polar surface area (TPSA) is 107 Å². The minimum atomic E-state index is -4.05. The molecule has 0 spiro atoms. The average molecular weight is 317 g/mol. The minimum absolute atomic E-state index is 0.0927. The molecule has 0 aliphatic heterocycles. The molecule has 2 aromatic rings. The normalized spacial score (nSPS) is 11.3. The third-order valence-electron chi connectivity index (χ3n) is 2.37. The monoisotopic (exact) mass is 316 g/mol. The van der Waals surface area contributed by atoms with Crippen molar-refractivity contribution in [3.63, 3.8) is 0 Å². The fraction of sp³-hybridized carbons (Fsp3) is 0.100. The van der Waals surface area contributed by atoms with Crippen molar-refractivity contribution in [3.8, 4) is 0 Å². The summed E-state index contributed by atoms with van der Waals surface area (Å²) in [6.07, 6.45) is 1.55. The highest BCUT2D eigenvalue weighted by molar-refractivity contribution is 7.92. The van der Waals surface area contributed by atoms with Gasteiger partial charge in [-0.3, -0.25) is 19.5 Å². The summed E-state index contributed by atoms with van der Waals surface area (Å²) in [5.74, 6) is 0.0927. The van der Waals surface area contributed by atoms with Crippen LogP contribution in [-0.2, 0) is 17.1 Å². The summed E-state index contributed by atoms with van der Waals surface area (Å²) >= 11 is 5.79. The number of halogens is 1. The summed E-state index contributed by atoms with van der Waals surface area (Å²) in [5, 5.41) is 14.4. The van der Waals surface area contributed by atoms with Gasteiger partial charge in [0, 0.05) is 31.4 Å². The summed E-state index contributed by atoms with van der Waals surface area (Å²) in [5.41, 5.74) is -0.365. The first-order valence-corrected chi connectivity index (χ1v) is 7.12. The summed E-state index contributed by atoms with van der Waals surface area (Å²) in [6, 6.07) is 4.63. The smallest absolute Gasteiger partial charge is 0.270 e. The fourth-order valence-corrected chi connectivity index (χ4v) is 2.99. The Morgan fingerprint density at radius 1 is 1.40 bits per heavy atom. The second kappa shape index (κ2) is 5.10. The van der Waals surface area contributed by atoms with Crippen molar-refractivity contribution in [2.45, 2.75) is 4.90 Å². The Kier molecular flexibility index (Phi) is 3.64. The molecule has 1 N–H and O–H groups in total. The Hall–Kier alpha value is -2.13. The zero-order valence-corrected chi connectivity index (χ0v) is 11.7. The summed E-state index contributed by atoms with van der Waals surface area (Å²) in [6.45, 7) is 0. The Bertz CT molecular complexity index is 771. The maximum Gasteiger partial charge on any atom is 0.270 e. The quantitative estimate of drug-likeness (QED) is 0.683. The van der Waals surface area contributed by atoms with Gasteiger partial charge in [0.15, 0.2) is 5.82 Å². The van der Waals surface area contributed by atoms with Crippen molar-refractivity contribution < 1.29 is 13.3 Å². The highest BCUT2D eigenvalue weighted by atomic mass is 35.5. The van der Waals surface area contributed by atoms with E-state index >= 15 is 0 Å². The fourth-order valence-electron chi connectivity index (χ4n) is 1.47. The first-order chi connectivity index (χ1) is 9.29. The molecule has 1 aromatic carbocycles. The number of hydrogen-bond donors (Lipinski definition) is 1. The van der Waals surface area contributed by atoms with Crippen molar-refractivity contribution in [2.75, 3.05) is 4.72 Å². The van der Waals surface area contributed by atoms with Crippen LogP contribution in [0, 0.1) is 10.1 Å². The van der Waals surface area contributed by atoms with E-state index in [2.05, 4.69) is 9.82 Å². The Morgan fingerprint density at radius 2 is 2.10 bits per heavy atom. The molecule has 20 heavy (non-hydrogen) atoms. The SMILES string of the molecule is Cn1ccc(NS(=O)(=O)c2cc([N+](=O)[O-])ccc2Cl)n1. The third kappa shape index (κ3) is 2.89. The van der Waals surface area contributed by atoms with E-state index in [1.165, 1.54) is 10.7 Å². The number of non-ortho nitro benzene ring substituents is 1. The second-order valence-corrected chi connectivity index (χ2v) is 5.91. The maximum atomic E-state index is 12.1. The second-order valence-electron chi connectivity index (χ2n) is 3.85. The lowest BCUT2D eigenvalue weighted by Crippen LogP contribution is -2.14. The number of nitro groups is 1. The van der Waals surface area contributed by atoms with Crippen molar-refractivity contribution in [1.29, 1.82) is 0 Å². The first kappa shape index (κ1) is 14.3. The molecule has 106 valence electrons. The van der Waals surface area contributed by atoms with Crippen LogP contribution in [-0.4, -0.2) is 23.1 Å². The predicted molar refractivity (Wildman–Crippen MR) is 72.1 cm³/mol. The molecule has 0 atom stereocenters. The number of nitrogens with zero attached hydrogens (tertiary/aromatic N) is 3. The van der Waals surface area contributed by atoms with Gasteiger partial charge in [-0.15, -0.1) is 0 Å². The number of benzene rings is 1. The molecule has 0 amide bonds. The van der Waals surface area contributed by atoms with Gasteiger partial charge in [0.25, 0.3) is 15.7 Å². The van der Waals surface area contributed by atoms with Crippen molar-refractivity contribution in [3.05, 3.63) is 45.6 Å². The number of nitro benzene ring substituents is 1. The molecule has 1 aromatic heterocycles. The molecular formula is C10H9ClN4O4S. The molecule has 8 nitrogen and oxygen atoms in total. The van der Waals surface area contributed by atoms with E-state index in [0.29, 0.717) is 0 Å². The molecule has 10 heteroatoms. The van der Waals surface area contributed by atoms with Gasteiger partial charge in [-0.2, -0.15) is 5.10 Å². The van der Waals surface area contributed by atoms with Crippen LogP contribution in [0.15, 0.2) is 35.4 Å². The molecular weight excluding hydrogens is 308 g/mol. The van der Waals surface area contributed by atoms with Crippen molar-refractivity contribution >= 4 is 33.1 Å². The number of rotatable bonds is 4. The van der Waals surface area contributed by atoms with E-state index in [9.17, 15) is 18.5 Å². The van der Waals surface area contributed by atoms with E-state index in [-0.39, 0.29) is 21.4 Å². The number of aryl methyl sites for hydroxylation is 1. The molecule has 0 bridgehead atoms. The highest BCUT2D eigenvalue weighted by Crippen LogP contribution is 2.27. The van der Waals surface area contributed by atoms with Crippen LogP contribution in [0.5, 0.6) is 0 Å². The molecule has 2 rings (SSSR count). The molecule has 0 unspecified atom stereocenters. The van der Waals surface area contributed by atoms with Gasteiger partial charge < -0.3 is 0 Å². The lowest BCUT2D eigenvalue weighted by Gasteiger charge is -2.07. The highest BCUT2D eigenvalue weighted by Gasteiger charge is 2.22. The van der Waals surface area contributed by atoms with E-state index in [1.54, 1.807) is 13.2 Å². The largest absolute Gasteiger partial charge is 0.274 e. The lowest BCUT2D eigenvalue weighted by atomic mass is 10.3. The van der Waals surface area contributed by atoms with Crippen LogP contribution < -0.4 is 4.72 Å². The van der Waals surface area contributed by atoms with Gasteiger partial charge in [-0.1, -0.05) is 11.6 Å². The van der Waals surface area contributed by atoms with Gasteiger partial charge in [0.05, 0.1) is 9.95 Å². The van der Waals surface area contributed by atoms with Crippen molar-refractivity contribution in [1.82, 2.24) is 9.78 Å². The summed E-state index contributed by atoms with van der Waals surface area (Å²) < 4.78 is 27.9. The van der Waals surface area contributed by atoms with Crippen LogP contribution in [0.4, 0.5) is 11.5 Å². The zero-order valence-electron chi connectivity index (χ0n) is 10.1. The molecule has 0 fully saturated rings. The van der Waals surface area contributed by atoms with Crippen LogP contribution >= 0.6 is 11.6 Å². The lowest BCUT2D eigenvalue weighted by molar-refractivity contribution is -0.385. The average Bonchev–Trinajstić information content (AvgIpc) is 2.73. The number of sulfonamides is 1. The molecule has 1 heterocycles. The molecule has 0 saturated carbocycles. The number of anilines is 1. The summed E-state index contributed by atoms with van der Waals surface area (Å²) in [7, 11) is -2.43. The molecule has 0 saturated heterocycles. The molecule has 0 radical (unpaired) electrons. The number of nitrogens with one attached hydrogen (secondary N) is 1. The standard InChI is InChI=1S/C10H9ClN4O4S/c1-14-5-4-10(12-14)13-20(18,19)9-6-7(15(16)17)2-3-8(9)11/h2-6H,1H3,(H,12,13). The Balaban J connectivity index is 2.43. The third-order valence-corrected chi connectivity index (χ3v) is 4.20. The molecule has 0 aliphatic rings. The van der Waals surface area contributed by atoms with Gasteiger partial charge >= 0.3 is 0 Å². The number of hydrogen-bond acceptors (Lipinski definition) is 5. The Morgan fingerprint density at radius 3 is 2.65 bits per heavy atom.